The molecule has 0 bridgehead atoms. The fraction of sp³-hybridized carbons (Fsp3) is 0.0909. The topological polar surface area (TPSA) is 92.8 Å². The van der Waals surface area contributed by atoms with Crippen LogP contribution in [-0.2, 0) is 6.67 Å². The minimum Gasteiger partial charge on any atom is -0.497 e. The molecule has 1 N–H and O–H groups in total. The fourth-order valence-electron chi connectivity index (χ4n) is 3.13. The van der Waals surface area contributed by atoms with Crippen LogP contribution in [0.4, 0.5) is 10.2 Å². The van der Waals surface area contributed by atoms with Crippen LogP contribution in [0.25, 0.3) is 16.7 Å². The van der Waals surface area contributed by atoms with Gasteiger partial charge in [-0.25, -0.2) is 14.4 Å². The van der Waals surface area contributed by atoms with Crippen LogP contribution < -0.4 is 10.1 Å². The number of aromatic nitrogens is 3. The number of imidazole rings is 1. The first-order chi connectivity index (χ1) is 14.6. The van der Waals surface area contributed by atoms with Crippen molar-refractivity contribution in [3.8, 4) is 17.5 Å². The fourth-order valence-corrected chi connectivity index (χ4v) is 3.13. The summed E-state index contributed by atoms with van der Waals surface area (Å²) in [5.74, 6) is 0.829. The van der Waals surface area contributed by atoms with E-state index in [2.05, 4.69) is 15.3 Å². The van der Waals surface area contributed by atoms with Crippen molar-refractivity contribution in [3.63, 3.8) is 0 Å². The third kappa shape index (κ3) is 3.56. The molecule has 0 atom stereocenters. The van der Waals surface area contributed by atoms with Gasteiger partial charge in [0.1, 0.15) is 24.1 Å². The molecule has 0 spiro atoms. The highest BCUT2D eigenvalue weighted by Crippen LogP contribution is 2.26. The van der Waals surface area contributed by atoms with Gasteiger partial charge in [-0.05, 0) is 42.5 Å². The second kappa shape index (κ2) is 8.01. The number of benzene rings is 2. The van der Waals surface area contributed by atoms with Gasteiger partial charge in [0, 0.05) is 11.6 Å². The predicted molar refractivity (Wildman–Crippen MR) is 109 cm³/mol. The molecule has 4 rings (SSSR count). The Hall–Kier alpha value is -4.25. The van der Waals surface area contributed by atoms with E-state index in [1.54, 1.807) is 60.2 Å². The summed E-state index contributed by atoms with van der Waals surface area (Å²) < 4.78 is 20.4. The number of anilines is 1. The van der Waals surface area contributed by atoms with E-state index in [9.17, 15) is 9.18 Å². The molecular weight excluding hydrogens is 385 g/mol. The van der Waals surface area contributed by atoms with Crippen molar-refractivity contribution in [1.29, 1.82) is 5.26 Å². The average molecular weight is 401 g/mol. The van der Waals surface area contributed by atoms with Crippen LogP contribution >= 0.6 is 0 Å². The Morgan fingerprint density at radius 1 is 1.23 bits per heavy atom. The highest BCUT2D eigenvalue weighted by Gasteiger charge is 2.14. The van der Waals surface area contributed by atoms with Gasteiger partial charge in [-0.15, -0.1) is 0 Å². The summed E-state index contributed by atoms with van der Waals surface area (Å²) in [5, 5.41) is 11.7. The lowest BCUT2D eigenvalue weighted by Gasteiger charge is -2.09. The molecule has 148 valence electrons. The van der Waals surface area contributed by atoms with Crippen molar-refractivity contribution in [3.05, 3.63) is 77.7 Å². The number of nitriles is 1. The first kappa shape index (κ1) is 19.1. The summed E-state index contributed by atoms with van der Waals surface area (Å²) >= 11 is 0. The van der Waals surface area contributed by atoms with Gasteiger partial charge in [0.05, 0.1) is 41.7 Å². The summed E-state index contributed by atoms with van der Waals surface area (Å²) in [6, 6.07) is 17.0. The highest BCUT2D eigenvalue weighted by molar-refractivity contribution is 6.04. The number of amides is 1. The molecule has 0 unspecified atom stereocenters. The van der Waals surface area contributed by atoms with Crippen molar-refractivity contribution in [2.75, 3.05) is 12.4 Å². The number of nitrogens with zero attached hydrogens (tertiary/aromatic N) is 4. The third-order valence-electron chi connectivity index (χ3n) is 4.55. The van der Waals surface area contributed by atoms with Gasteiger partial charge >= 0.3 is 0 Å². The molecular formula is C22H16FN5O2. The van der Waals surface area contributed by atoms with E-state index in [1.807, 2.05) is 6.07 Å². The maximum Gasteiger partial charge on any atom is 0.256 e. The predicted octanol–water partition coefficient (Wildman–Crippen LogP) is 4.02. The molecule has 0 aliphatic carbocycles. The van der Waals surface area contributed by atoms with Crippen LogP contribution in [0.3, 0.4) is 0 Å². The number of pyridine rings is 1. The Morgan fingerprint density at radius 2 is 2.10 bits per heavy atom. The maximum atomic E-state index is 13.6. The SMILES string of the molecule is COc1ccc2c(c1)nc(CF)n2-c1ccc(NC(=O)c2cccc(C#N)c2)nc1. The zero-order valence-electron chi connectivity index (χ0n) is 16.0. The second-order valence-corrected chi connectivity index (χ2v) is 6.40. The molecule has 1 amide bonds. The van der Waals surface area contributed by atoms with Crippen LogP contribution in [-0.4, -0.2) is 27.6 Å². The van der Waals surface area contributed by atoms with Gasteiger partial charge in [0.2, 0.25) is 0 Å². The van der Waals surface area contributed by atoms with E-state index >= 15 is 0 Å². The summed E-state index contributed by atoms with van der Waals surface area (Å²) in [6.07, 6.45) is 1.53. The molecule has 0 radical (unpaired) electrons. The van der Waals surface area contributed by atoms with Gasteiger partial charge in [-0.3, -0.25) is 9.36 Å². The average Bonchev–Trinajstić information content (AvgIpc) is 3.17. The highest BCUT2D eigenvalue weighted by atomic mass is 19.1. The van der Waals surface area contributed by atoms with E-state index in [0.717, 1.165) is 5.52 Å². The maximum absolute atomic E-state index is 13.6. The first-order valence-electron chi connectivity index (χ1n) is 9.02. The van der Waals surface area contributed by atoms with E-state index in [-0.39, 0.29) is 11.7 Å². The second-order valence-electron chi connectivity index (χ2n) is 6.40. The lowest BCUT2D eigenvalue weighted by atomic mass is 10.1. The van der Waals surface area contributed by atoms with Gasteiger partial charge in [-0.2, -0.15) is 5.26 Å². The lowest BCUT2D eigenvalue weighted by Crippen LogP contribution is -2.13. The third-order valence-corrected chi connectivity index (χ3v) is 4.55. The molecule has 0 saturated carbocycles. The molecule has 4 aromatic rings. The lowest BCUT2D eigenvalue weighted by molar-refractivity contribution is 0.102. The number of ether oxygens (including phenoxy) is 1. The minimum atomic E-state index is -0.745. The molecule has 0 aliphatic heterocycles. The number of hydrogen-bond acceptors (Lipinski definition) is 5. The van der Waals surface area contributed by atoms with E-state index in [1.165, 1.54) is 12.3 Å². The number of nitrogens with one attached hydrogen (secondary N) is 1. The Kier molecular flexibility index (Phi) is 5.09. The Labute approximate surface area is 171 Å². The van der Waals surface area contributed by atoms with Crippen molar-refractivity contribution in [2.24, 2.45) is 0 Å². The van der Waals surface area contributed by atoms with E-state index < -0.39 is 6.67 Å². The van der Waals surface area contributed by atoms with Gasteiger partial charge in [0.15, 0.2) is 0 Å². The summed E-state index contributed by atoms with van der Waals surface area (Å²) in [5.41, 5.74) is 2.69. The zero-order valence-corrected chi connectivity index (χ0v) is 16.0. The molecule has 0 aliphatic rings. The number of carbonyl (C=O) groups is 1. The molecule has 0 saturated heterocycles. The number of halogens is 1. The Morgan fingerprint density at radius 3 is 2.80 bits per heavy atom. The van der Waals surface area contributed by atoms with E-state index in [4.69, 9.17) is 10.00 Å². The first-order valence-corrected chi connectivity index (χ1v) is 9.02. The number of rotatable bonds is 5. The monoisotopic (exact) mass is 401 g/mol. The van der Waals surface area contributed by atoms with Crippen LogP contribution in [0.15, 0.2) is 60.8 Å². The molecule has 2 heterocycles. The zero-order chi connectivity index (χ0) is 21.1. The largest absolute Gasteiger partial charge is 0.497 e. The van der Waals surface area contributed by atoms with Gasteiger partial charge in [0.25, 0.3) is 5.91 Å². The Bertz CT molecular complexity index is 1280. The van der Waals surface area contributed by atoms with Crippen LogP contribution in [0.1, 0.15) is 21.7 Å². The number of carbonyl (C=O) groups excluding carboxylic acids is 1. The summed E-state index contributed by atoms with van der Waals surface area (Å²) in [7, 11) is 1.56. The quantitative estimate of drug-likeness (QED) is 0.545. The minimum absolute atomic E-state index is 0.241. The van der Waals surface area contributed by atoms with Crippen molar-refractivity contribution < 1.29 is 13.9 Å². The number of fused-ring (bicyclic) bond motifs is 1. The van der Waals surface area contributed by atoms with Gasteiger partial charge < -0.3 is 10.1 Å². The molecule has 0 fully saturated rings. The summed E-state index contributed by atoms with van der Waals surface area (Å²) in [6.45, 7) is -0.745. The number of alkyl halides is 1. The normalized spacial score (nSPS) is 10.6. The van der Waals surface area contributed by atoms with Crippen LogP contribution in [0.2, 0.25) is 0 Å². The summed E-state index contributed by atoms with van der Waals surface area (Å²) in [4.78, 5) is 21.0. The number of hydrogen-bond donors (Lipinski definition) is 1. The van der Waals surface area contributed by atoms with Gasteiger partial charge in [-0.1, -0.05) is 6.07 Å². The number of methoxy groups -OCH3 is 1. The molecule has 2 aromatic carbocycles. The van der Waals surface area contributed by atoms with Crippen molar-refractivity contribution in [2.45, 2.75) is 6.67 Å². The molecule has 30 heavy (non-hydrogen) atoms. The van der Waals surface area contributed by atoms with E-state index in [0.29, 0.717) is 33.9 Å². The standard InChI is InChI=1S/C22H16FN5O2/c1-30-17-6-7-19-18(10-17)26-21(11-23)28(19)16-5-8-20(25-13-16)27-22(29)15-4-2-3-14(9-15)12-24/h2-10,13H,11H2,1H3,(H,25,27,29). The van der Waals surface area contributed by atoms with Crippen molar-refractivity contribution >= 4 is 22.8 Å². The molecule has 7 nitrogen and oxygen atoms in total. The molecule has 2 aromatic heterocycles. The van der Waals surface area contributed by atoms with Crippen LogP contribution in [0, 0.1) is 11.3 Å². The van der Waals surface area contributed by atoms with Crippen LogP contribution in [0.5, 0.6) is 5.75 Å². The molecule has 8 heteroatoms. The smallest absolute Gasteiger partial charge is 0.256 e. The van der Waals surface area contributed by atoms with Crippen molar-refractivity contribution in [1.82, 2.24) is 14.5 Å². The Balaban J connectivity index is 1.62.